The summed E-state index contributed by atoms with van der Waals surface area (Å²) >= 11 is 0. The highest BCUT2D eigenvalue weighted by Crippen LogP contribution is 2.28. The largest absolute Gasteiger partial charge is 0.493 e. The van der Waals surface area contributed by atoms with Gasteiger partial charge in [0.25, 0.3) is 0 Å². The number of hydrogen-bond donors (Lipinski definition) is 0. The predicted octanol–water partition coefficient (Wildman–Crippen LogP) is 4.35. The van der Waals surface area contributed by atoms with Crippen molar-refractivity contribution < 1.29 is 23.8 Å². The first-order valence-corrected chi connectivity index (χ1v) is 8.82. The third-order valence-electron chi connectivity index (χ3n) is 4.12. The van der Waals surface area contributed by atoms with Crippen molar-refractivity contribution in [1.29, 1.82) is 0 Å². The summed E-state index contributed by atoms with van der Waals surface area (Å²) in [5, 5.41) is 0. The highest BCUT2D eigenvalue weighted by molar-refractivity contribution is 5.91. The Labute approximate surface area is 163 Å². The molecule has 142 valence electrons. The number of carbonyl (C=O) groups is 2. The molecule has 0 spiro atoms. The number of esters is 1. The first-order valence-electron chi connectivity index (χ1n) is 8.82. The second-order valence-electron chi connectivity index (χ2n) is 6.03. The molecule has 0 aliphatic heterocycles. The van der Waals surface area contributed by atoms with Crippen LogP contribution in [0.25, 0.3) is 0 Å². The quantitative estimate of drug-likeness (QED) is 0.332. The number of carbonyl (C=O) groups excluding carboxylic acids is 2. The summed E-state index contributed by atoms with van der Waals surface area (Å²) in [6.07, 6.45) is 1.51. The van der Waals surface area contributed by atoms with E-state index in [-0.39, 0.29) is 5.75 Å². The van der Waals surface area contributed by atoms with Crippen LogP contribution in [0.15, 0.2) is 72.8 Å². The Balaban J connectivity index is 1.58. The maximum absolute atomic E-state index is 12.4. The van der Waals surface area contributed by atoms with E-state index in [4.69, 9.17) is 14.2 Å². The van der Waals surface area contributed by atoms with Gasteiger partial charge in [-0.15, -0.1) is 0 Å². The summed E-state index contributed by atoms with van der Waals surface area (Å²) in [5.74, 6) is 0.730. The van der Waals surface area contributed by atoms with Gasteiger partial charge in [-0.3, -0.25) is 4.79 Å². The van der Waals surface area contributed by atoms with E-state index in [1.807, 2.05) is 18.2 Å². The molecular weight excluding hydrogens is 356 g/mol. The zero-order valence-corrected chi connectivity index (χ0v) is 15.5. The van der Waals surface area contributed by atoms with E-state index in [1.54, 1.807) is 30.3 Å². The van der Waals surface area contributed by atoms with Gasteiger partial charge in [-0.2, -0.15) is 0 Å². The van der Waals surface area contributed by atoms with Gasteiger partial charge in [0.15, 0.2) is 11.5 Å². The van der Waals surface area contributed by atoms with E-state index in [0.717, 1.165) is 6.42 Å². The fourth-order valence-electron chi connectivity index (χ4n) is 2.62. The number of hydrogen-bond acceptors (Lipinski definition) is 5. The summed E-state index contributed by atoms with van der Waals surface area (Å²) in [6.45, 7) is 0.550. The Hall–Kier alpha value is -3.60. The Morgan fingerprint density at radius 3 is 2.36 bits per heavy atom. The fourth-order valence-corrected chi connectivity index (χ4v) is 2.62. The second kappa shape index (κ2) is 9.37. The fraction of sp³-hybridized carbons (Fsp3) is 0.130. The maximum atomic E-state index is 12.4. The van der Waals surface area contributed by atoms with E-state index in [2.05, 4.69) is 12.1 Å². The molecule has 0 atom stereocenters. The molecule has 28 heavy (non-hydrogen) atoms. The summed E-state index contributed by atoms with van der Waals surface area (Å²) in [7, 11) is 1.45. The van der Waals surface area contributed by atoms with Gasteiger partial charge in [-0.25, -0.2) is 4.79 Å². The molecule has 5 nitrogen and oxygen atoms in total. The molecule has 0 N–H and O–H groups in total. The van der Waals surface area contributed by atoms with Crippen molar-refractivity contribution in [1.82, 2.24) is 0 Å². The van der Waals surface area contributed by atoms with Crippen molar-refractivity contribution in [3.8, 4) is 17.2 Å². The average Bonchev–Trinajstić information content (AvgIpc) is 2.75. The molecule has 5 heteroatoms. The summed E-state index contributed by atoms with van der Waals surface area (Å²) in [5.41, 5.74) is 2.03. The van der Waals surface area contributed by atoms with Crippen LogP contribution in [-0.2, 0) is 6.42 Å². The van der Waals surface area contributed by atoms with E-state index >= 15 is 0 Å². The first-order chi connectivity index (χ1) is 13.7. The van der Waals surface area contributed by atoms with Crippen molar-refractivity contribution in [3.05, 3.63) is 89.5 Å². The summed E-state index contributed by atoms with van der Waals surface area (Å²) in [6, 6.07) is 21.4. The second-order valence-corrected chi connectivity index (χ2v) is 6.03. The van der Waals surface area contributed by atoms with Crippen LogP contribution in [0.5, 0.6) is 17.2 Å². The molecule has 0 fully saturated rings. The number of ether oxygens (including phenoxy) is 3. The van der Waals surface area contributed by atoms with Gasteiger partial charge in [0.1, 0.15) is 12.0 Å². The molecule has 0 aromatic heterocycles. The normalized spacial score (nSPS) is 10.2. The molecule has 0 aliphatic rings. The Morgan fingerprint density at radius 2 is 1.68 bits per heavy atom. The van der Waals surface area contributed by atoms with Gasteiger partial charge in [0.2, 0.25) is 0 Å². The van der Waals surface area contributed by atoms with Crippen LogP contribution in [0.1, 0.15) is 26.3 Å². The molecule has 3 aromatic rings. The molecule has 0 saturated carbocycles. The standard InChI is InChI=1S/C23H20O5/c1-26-22-15-18(16-24)7-12-21(22)28-23(25)19-8-10-20(11-9-19)27-14-13-17-5-3-2-4-6-17/h2-12,15-16H,13-14H2,1H3. The van der Waals surface area contributed by atoms with Crippen molar-refractivity contribution >= 4 is 12.3 Å². The molecule has 0 aliphatic carbocycles. The van der Waals surface area contributed by atoms with E-state index < -0.39 is 5.97 Å². The number of benzene rings is 3. The SMILES string of the molecule is COc1cc(C=O)ccc1OC(=O)c1ccc(OCCc2ccccc2)cc1. The van der Waals surface area contributed by atoms with Gasteiger partial charge in [0.05, 0.1) is 19.3 Å². The van der Waals surface area contributed by atoms with Crippen molar-refractivity contribution in [2.24, 2.45) is 0 Å². The molecule has 3 aromatic carbocycles. The van der Waals surface area contributed by atoms with E-state index in [9.17, 15) is 9.59 Å². The van der Waals surface area contributed by atoms with E-state index in [1.165, 1.54) is 24.8 Å². The number of rotatable bonds is 8. The Bertz CT molecular complexity index is 933. The van der Waals surface area contributed by atoms with Crippen LogP contribution >= 0.6 is 0 Å². The molecular formula is C23H20O5. The smallest absolute Gasteiger partial charge is 0.343 e. The van der Waals surface area contributed by atoms with Crippen LogP contribution < -0.4 is 14.2 Å². The lowest BCUT2D eigenvalue weighted by Crippen LogP contribution is -2.09. The lowest BCUT2D eigenvalue weighted by atomic mass is 10.2. The lowest BCUT2D eigenvalue weighted by Gasteiger charge is -2.10. The lowest BCUT2D eigenvalue weighted by molar-refractivity contribution is 0.0729. The Morgan fingerprint density at radius 1 is 0.929 bits per heavy atom. The number of aldehydes is 1. The van der Waals surface area contributed by atoms with Gasteiger partial charge in [-0.05, 0) is 48.0 Å². The first kappa shape index (κ1) is 19.2. The molecule has 0 bridgehead atoms. The zero-order chi connectivity index (χ0) is 19.8. The van der Waals surface area contributed by atoms with Crippen LogP contribution in [-0.4, -0.2) is 26.0 Å². The maximum Gasteiger partial charge on any atom is 0.343 e. The van der Waals surface area contributed by atoms with Crippen LogP contribution in [0.4, 0.5) is 0 Å². The minimum absolute atomic E-state index is 0.251. The highest BCUT2D eigenvalue weighted by Gasteiger charge is 2.13. The summed E-state index contributed by atoms with van der Waals surface area (Å²) in [4.78, 5) is 23.2. The van der Waals surface area contributed by atoms with Crippen molar-refractivity contribution in [3.63, 3.8) is 0 Å². The molecule has 0 saturated heterocycles. The monoisotopic (exact) mass is 376 g/mol. The molecule has 0 radical (unpaired) electrons. The van der Waals surface area contributed by atoms with Gasteiger partial charge < -0.3 is 14.2 Å². The summed E-state index contributed by atoms with van der Waals surface area (Å²) < 4.78 is 16.3. The van der Waals surface area contributed by atoms with Crippen molar-refractivity contribution in [2.45, 2.75) is 6.42 Å². The van der Waals surface area contributed by atoms with Gasteiger partial charge >= 0.3 is 5.97 Å². The van der Waals surface area contributed by atoms with Gasteiger partial charge in [-0.1, -0.05) is 30.3 Å². The minimum atomic E-state index is -0.520. The Kier molecular flexibility index (Phi) is 6.41. The van der Waals surface area contributed by atoms with Crippen LogP contribution in [0.2, 0.25) is 0 Å². The average molecular weight is 376 g/mol. The van der Waals surface area contributed by atoms with Gasteiger partial charge in [0, 0.05) is 12.0 Å². The van der Waals surface area contributed by atoms with Crippen molar-refractivity contribution in [2.75, 3.05) is 13.7 Å². The third kappa shape index (κ3) is 4.98. The molecule has 0 amide bonds. The zero-order valence-electron chi connectivity index (χ0n) is 15.5. The highest BCUT2D eigenvalue weighted by atomic mass is 16.6. The predicted molar refractivity (Wildman–Crippen MR) is 105 cm³/mol. The number of methoxy groups -OCH3 is 1. The molecule has 3 rings (SSSR count). The molecule has 0 unspecified atom stereocenters. The third-order valence-corrected chi connectivity index (χ3v) is 4.12. The molecule has 0 heterocycles. The van der Waals surface area contributed by atoms with Crippen LogP contribution in [0, 0.1) is 0 Å². The minimum Gasteiger partial charge on any atom is -0.493 e. The van der Waals surface area contributed by atoms with E-state index in [0.29, 0.717) is 35.5 Å². The van der Waals surface area contributed by atoms with Crippen LogP contribution in [0.3, 0.4) is 0 Å². The topological polar surface area (TPSA) is 61.8 Å².